The van der Waals surface area contributed by atoms with Gasteiger partial charge < -0.3 is 4.90 Å². The van der Waals surface area contributed by atoms with E-state index in [9.17, 15) is 4.79 Å². The smallest absolute Gasteiger partial charge is 0.228 e. The summed E-state index contributed by atoms with van der Waals surface area (Å²) in [5.41, 5.74) is 0. The van der Waals surface area contributed by atoms with Crippen LogP contribution in [0.5, 0.6) is 0 Å². The Kier molecular flexibility index (Phi) is 1.10. The highest BCUT2D eigenvalue weighted by Gasteiger charge is 2.44. The van der Waals surface area contributed by atoms with Crippen molar-refractivity contribution in [1.29, 1.82) is 0 Å². The highest BCUT2D eigenvalue weighted by Crippen LogP contribution is 2.33. The van der Waals surface area contributed by atoms with Gasteiger partial charge in [-0.2, -0.15) is 0 Å². The molecule has 2 aliphatic rings. The maximum absolute atomic E-state index is 11.1. The van der Waals surface area contributed by atoms with Crippen molar-refractivity contribution >= 4 is 5.91 Å². The lowest BCUT2D eigenvalue weighted by atomic mass is 9.80. The summed E-state index contributed by atoms with van der Waals surface area (Å²) < 4.78 is 0. The molecule has 0 aromatic heterocycles. The van der Waals surface area contributed by atoms with E-state index in [-0.39, 0.29) is 0 Å². The van der Waals surface area contributed by atoms with Gasteiger partial charge in [0.25, 0.3) is 0 Å². The van der Waals surface area contributed by atoms with E-state index < -0.39 is 0 Å². The Morgan fingerprint density at radius 1 is 1.50 bits per heavy atom. The molecule has 0 saturated carbocycles. The first-order valence-corrected chi connectivity index (χ1v) is 3.72. The van der Waals surface area contributed by atoms with Crippen molar-refractivity contribution in [2.45, 2.75) is 18.9 Å². The van der Waals surface area contributed by atoms with Crippen LogP contribution in [0.2, 0.25) is 0 Å². The van der Waals surface area contributed by atoms with Gasteiger partial charge in [-0.15, -0.1) is 0 Å². The Morgan fingerprint density at radius 2 is 2.20 bits per heavy atom. The second kappa shape index (κ2) is 1.84. The molecular weight excluding hydrogens is 126 g/mol. The number of hydrogen-bond donors (Lipinski definition) is 0. The SMILES string of the molecule is CN1C(=O)[C@H]2CC=CC[C@@H]21. The van der Waals surface area contributed by atoms with Gasteiger partial charge in [0.15, 0.2) is 0 Å². The first-order valence-electron chi connectivity index (χ1n) is 3.72. The number of β-lactam (4-membered cyclic amide) rings is 1. The average molecular weight is 137 g/mol. The van der Waals surface area contributed by atoms with Crippen LogP contribution in [0.15, 0.2) is 12.2 Å². The number of allylic oxidation sites excluding steroid dienone is 1. The Hall–Kier alpha value is -0.790. The fraction of sp³-hybridized carbons (Fsp3) is 0.625. The Morgan fingerprint density at radius 3 is 2.90 bits per heavy atom. The van der Waals surface area contributed by atoms with Crippen molar-refractivity contribution in [2.24, 2.45) is 5.92 Å². The third-order valence-electron chi connectivity index (χ3n) is 2.56. The lowest BCUT2D eigenvalue weighted by Gasteiger charge is -2.46. The molecule has 0 spiro atoms. The van der Waals surface area contributed by atoms with Crippen LogP contribution < -0.4 is 0 Å². The molecule has 1 saturated heterocycles. The third-order valence-corrected chi connectivity index (χ3v) is 2.56. The molecule has 2 heteroatoms. The van der Waals surface area contributed by atoms with Gasteiger partial charge in [-0.05, 0) is 12.8 Å². The second-order valence-corrected chi connectivity index (χ2v) is 3.07. The number of carbonyl (C=O) groups is 1. The van der Waals surface area contributed by atoms with Gasteiger partial charge in [-0.3, -0.25) is 4.79 Å². The van der Waals surface area contributed by atoms with E-state index in [1.165, 1.54) is 0 Å². The zero-order chi connectivity index (χ0) is 7.14. The lowest BCUT2D eigenvalue weighted by Crippen LogP contribution is -2.59. The highest BCUT2D eigenvalue weighted by molar-refractivity contribution is 5.86. The maximum atomic E-state index is 11.1. The molecule has 1 aliphatic carbocycles. The number of amides is 1. The van der Waals surface area contributed by atoms with E-state index in [4.69, 9.17) is 0 Å². The van der Waals surface area contributed by atoms with E-state index in [0.717, 1.165) is 12.8 Å². The number of rotatable bonds is 0. The Labute approximate surface area is 60.5 Å². The van der Waals surface area contributed by atoms with Crippen molar-refractivity contribution in [1.82, 2.24) is 4.90 Å². The molecule has 1 aliphatic heterocycles. The van der Waals surface area contributed by atoms with Crippen LogP contribution in [-0.2, 0) is 4.79 Å². The minimum Gasteiger partial charge on any atom is -0.341 e. The fourth-order valence-corrected chi connectivity index (χ4v) is 1.84. The first kappa shape index (κ1) is 5.96. The second-order valence-electron chi connectivity index (χ2n) is 3.07. The summed E-state index contributed by atoms with van der Waals surface area (Å²) in [6.45, 7) is 0. The molecule has 1 fully saturated rings. The average Bonchev–Trinajstić information content (AvgIpc) is 2.03. The van der Waals surface area contributed by atoms with Crippen molar-refractivity contribution in [2.75, 3.05) is 7.05 Å². The molecule has 2 atom stereocenters. The topological polar surface area (TPSA) is 20.3 Å². The Balaban J connectivity index is 2.15. The predicted molar refractivity (Wildman–Crippen MR) is 38.4 cm³/mol. The van der Waals surface area contributed by atoms with Crippen LogP contribution in [0.1, 0.15) is 12.8 Å². The van der Waals surface area contributed by atoms with Crippen LogP contribution in [0.25, 0.3) is 0 Å². The summed E-state index contributed by atoms with van der Waals surface area (Å²) >= 11 is 0. The van der Waals surface area contributed by atoms with E-state index >= 15 is 0 Å². The monoisotopic (exact) mass is 137 g/mol. The van der Waals surface area contributed by atoms with Gasteiger partial charge in [-0.25, -0.2) is 0 Å². The van der Waals surface area contributed by atoms with Crippen molar-refractivity contribution < 1.29 is 4.79 Å². The molecular formula is C8H11NO. The van der Waals surface area contributed by atoms with Crippen molar-refractivity contribution in [3.63, 3.8) is 0 Å². The zero-order valence-electron chi connectivity index (χ0n) is 6.08. The molecule has 10 heavy (non-hydrogen) atoms. The van der Waals surface area contributed by atoms with Crippen LogP contribution in [0, 0.1) is 5.92 Å². The quantitative estimate of drug-likeness (QED) is 0.357. The normalized spacial score (nSPS) is 37.3. The molecule has 2 nitrogen and oxygen atoms in total. The molecule has 0 N–H and O–H groups in total. The van der Waals surface area contributed by atoms with E-state index in [1.54, 1.807) is 0 Å². The van der Waals surface area contributed by atoms with Crippen LogP contribution >= 0.6 is 0 Å². The maximum Gasteiger partial charge on any atom is 0.228 e. The lowest BCUT2D eigenvalue weighted by molar-refractivity contribution is -0.153. The summed E-state index contributed by atoms with van der Waals surface area (Å²) in [4.78, 5) is 12.9. The van der Waals surface area contributed by atoms with Crippen molar-refractivity contribution in [3.8, 4) is 0 Å². The molecule has 54 valence electrons. The number of carbonyl (C=O) groups excluding carboxylic acids is 1. The van der Waals surface area contributed by atoms with Crippen LogP contribution in [0.3, 0.4) is 0 Å². The predicted octanol–water partition coefficient (Wildman–Crippen LogP) is 0.793. The number of likely N-dealkylation sites (tertiary alicyclic amines) is 1. The van der Waals surface area contributed by atoms with Gasteiger partial charge in [0, 0.05) is 13.1 Å². The van der Waals surface area contributed by atoms with Crippen molar-refractivity contribution in [3.05, 3.63) is 12.2 Å². The van der Waals surface area contributed by atoms with E-state index in [0.29, 0.717) is 17.9 Å². The number of fused-ring (bicyclic) bond motifs is 1. The molecule has 1 amide bonds. The highest BCUT2D eigenvalue weighted by atomic mass is 16.2. The molecule has 0 aromatic carbocycles. The van der Waals surface area contributed by atoms with Crippen LogP contribution in [-0.4, -0.2) is 23.9 Å². The molecule has 0 bridgehead atoms. The molecule has 1 heterocycles. The number of hydrogen-bond acceptors (Lipinski definition) is 1. The minimum absolute atomic E-state index is 0.328. The van der Waals surface area contributed by atoms with Gasteiger partial charge in [-0.1, -0.05) is 12.2 Å². The molecule has 0 radical (unpaired) electrons. The van der Waals surface area contributed by atoms with E-state index in [1.807, 2.05) is 11.9 Å². The summed E-state index contributed by atoms with van der Waals surface area (Å²) in [6.07, 6.45) is 6.32. The fourth-order valence-electron chi connectivity index (χ4n) is 1.84. The largest absolute Gasteiger partial charge is 0.341 e. The first-order chi connectivity index (χ1) is 4.80. The molecule has 0 aromatic rings. The third kappa shape index (κ3) is 0.564. The summed E-state index contributed by atoms with van der Waals surface area (Å²) in [6, 6.07) is 0.525. The van der Waals surface area contributed by atoms with Crippen LogP contribution in [0.4, 0.5) is 0 Å². The molecule has 0 unspecified atom stereocenters. The summed E-state index contributed by atoms with van der Waals surface area (Å²) in [7, 11) is 1.89. The summed E-state index contributed by atoms with van der Waals surface area (Å²) in [5, 5.41) is 0. The summed E-state index contributed by atoms with van der Waals surface area (Å²) in [5.74, 6) is 0.657. The van der Waals surface area contributed by atoms with Gasteiger partial charge >= 0.3 is 0 Å². The molecule has 2 rings (SSSR count). The zero-order valence-corrected chi connectivity index (χ0v) is 6.08. The van der Waals surface area contributed by atoms with Gasteiger partial charge in [0.05, 0.1) is 5.92 Å². The van der Waals surface area contributed by atoms with Gasteiger partial charge in [0.1, 0.15) is 0 Å². The van der Waals surface area contributed by atoms with E-state index in [2.05, 4.69) is 12.2 Å². The number of nitrogens with zero attached hydrogens (tertiary/aromatic N) is 1. The van der Waals surface area contributed by atoms with Gasteiger partial charge in [0.2, 0.25) is 5.91 Å². The Bertz CT molecular complexity index is 197. The standard InChI is InChI=1S/C8H11NO/c1-9-7-5-3-2-4-6(7)8(9)10/h2-3,6-7H,4-5H2,1H3/t6-,7-/m0/s1. The minimum atomic E-state index is 0.328.